The van der Waals surface area contributed by atoms with Crippen LogP contribution in [0.4, 0.5) is 5.69 Å². The Morgan fingerprint density at radius 3 is 2.44 bits per heavy atom. The minimum absolute atomic E-state index is 0.0391. The maximum atomic E-state index is 12.9. The number of nitrogens with one attached hydrogen (secondary N) is 1. The first-order valence-electron chi connectivity index (χ1n) is 7.61. The fourth-order valence-electron chi connectivity index (χ4n) is 2.55. The van der Waals surface area contributed by atoms with E-state index in [9.17, 15) is 9.59 Å². The van der Waals surface area contributed by atoms with Crippen molar-refractivity contribution in [3.05, 3.63) is 69.8 Å². The number of hydrogen-bond donors (Lipinski definition) is 1. The lowest BCUT2D eigenvalue weighted by Gasteiger charge is -2.29. The number of anilines is 1. The lowest BCUT2D eigenvalue weighted by molar-refractivity contribution is -0.122. The van der Waals surface area contributed by atoms with E-state index in [-0.39, 0.29) is 10.7 Å². The summed E-state index contributed by atoms with van der Waals surface area (Å²) in [5, 5.41) is 3.18. The summed E-state index contributed by atoms with van der Waals surface area (Å²) in [6.07, 6.45) is 1.60. The number of amides is 2. The molecule has 2 aromatic rings. The van der Waals surface area contributed by atoms with Crippen LogP contribution in [0.15, 0.2) is 48.0 Å². The molecule has 0 spiro atoms. The molecule has 1 N–H and O–H groups in total. The second kappa shape index (κ2) is 6.78. The third-order valence-corrected chi connectivity index (χ3v) is 4.46. The third-order valence-electron chi connectivity index (χ3n) is 3.92. The second-order valence-corrected chi connectivity index (χ2v) is 6.62. The SMILES string of the molecule is Cc1ccc(C)c(C=C2C(=O)NC(=S)N(c3ccc(Cl)cc3)C2=O)c1. The smallest absolute Gasteiger partial charge is 0.270 e. The standard InChI is InChI=1S/C19H15ClN2O2S/c1-11-3-4-12(2)13(9-11)10-16-17(23)21-19(25)22(18(16)24)15-7-5-14(20)6-8-15/h3-10H,1-2H3,(H,21,23,25). The predicted octanol–water partition coefficient (Wildman–Crippen LogP) is 3.79. The highest BCUT2D eigenvalue weighted by molar-refractivity contribution is 7.80. The zero-order valence-corrected chi connectivity index (χ0v) is 15.2. The van der Waals surface area contributed by atoms with E-state index in [4.69, 9.17) is 23.8 Å². The van der Waals surface area contributed by atoms with E-state index >= 15 is 0 Å². The van der Waals surface area contributed by atoms with Gasteiger partial charge in [0.1, 0.15) is 5.57 Å². The number of nitrogens with zero attached hydrogens (tertiary/aromatic N) is 1. The Balaban J connectivity index is 2.05. The van der Waals surface area contributed by atoms with Gasteiger partial charge in [-0.05, 0) is 67.5 Å². The average Bonchev–Trinajstić information content (AvgIpc) is 2.56. The van der Waals surface area contributed by atoms with Gasteiger partial charge in [-0.15, -0.1) is 0 Å². The first-order valence-corrected chi connectivity index (χ1v) is 8.40. The lowest BCUT2D eigenvalue weighted by Crippen LogP contribution is -2.54. The minimum Gasteiger partial charge on any atom is -0.298 e. The zero-order chi connectivity index (χ0) is 18.1. The van der Waals surface area contributed by atoms with Crippen LogP contribution in [-0.2, 0) is 9.59 Å². The molecule has 1 aliphatic heterocycles. The summed E-state index contributed by atoms with van der Waals surface area (Å²) < 4.78 is 0. The Kier molecular flexibility index (Phi) is 4.70. The molecule has 2 amide bonds. The van der Waals surface area contributed by atoms with Crippen molar-refractivity contribution in [3.8, 4) is 0 Å². The fourth-order valence-corrected chi connectivity index (χ4v) is 2.96. The Bertz CT molecular complexity index is 920. The van der Waals surface area contributed by atoms with Gasteiger partial charge in [-0.2, -0.15) is 0 Å². The normalized spacial score (nSPS) is 16.4. The molecule has 126 valence electrons. The summed E-state index contributed by atoms with van der Waals surface area (Å²) >= 11 is 11.1. The lowest BCUT2D eigenvalue weighted by atomic mass is 10.0. The fraction of sp³-hybridized carbons (Fsp3) is 0.105. The number of carbonyl (C=O) groups is 2. The molecule has 6 heteroatoms. The van der Waals surface area contributed by atoms with Gasteiger partial charge in [0.05, 0.1) is 5.69 Å². The third kappa shape index (κ3) is 3.48. The molecular formula is C19H15ClN2O2S. The van der Waals surface area contributed by atoms with Gasteiger partial charge < -0.3 is 0 Å². The maximum absolute atomic E-state index is 12.9. The van der Waals surface area contributed by atoms with E-state index in [1.807, 2.05) is 32.0 Å². The van der Waals surface area contributed by atoms with E-state index in [2.05, 4.69) is 5.32 Å². The number of benzene rings is 2. The van der Waals surface area contributed by atoms with Crippen LogP contribution >= 0.6 is 23.8 Å². The molecule has 1 saturated heterocycles. The van der Waals surface area contributed by atoms with Crippen molar-refractivity contribution in [2.75, 3.05) is 4.90 Å². The molecule has 0 aliphatic carbocycles. The van der Waals surface area contributed by atoms with Crippen LogP contribution in [0.25, 0.3) is 6.08 Å². The van der Waals surface area contributed by atoms with Crippen LogP contribution in [0.5, 0.6) is 0 Å². The van der Waals surface area contributed by atoms with Crippen molar-refractivity contribution in [1.82, 2.24) is 5.32 Å². The maximum Gasteiger partial charge on any atom is 0.270 e. The summed E-state index contributed by atoms with van der Waals surface area (Å²) in [4.78, 5) is 26.5. The Morgan fingerprint density at radius 1 is 1.08 bits per heavy atom. The molecule has 0 bridgehead atoms. The van der Waals surface area contributed by atoms with Crippen molar-refractivity contribution in [1.29, 1.82) is 0 Å². The summed E-state index contributed by atoms with van der Waals surface area (Å²) in [5.74, 6) is -0.960. The highest BCUT2D eigenvalue weighted by atomic mass is 35.5. The van der Waals surface area contributed by atoms with Gasteiger partial charge >= 0.3 is 0 Å². The molecular weight excluding hydrogens is 356 g/mol. The van der Waals surface area contributed by atoms with Crippen molar-refractivity contribution >= 4 is 52.5 Å². The first kappa shape index (κ1) is 17.3. The molecule has 1 aliphatic rings. The van der Waals surface area contributed by atoms with E-state index in [0.717, 1.165) is 16.7 Å². The van der Waals surface area contributed by atoms with Crippen molar-refractivity contribution in [2.24, 2.45) is 0 Å². The number of thiocarbonyl (C=S) groups is 1. The molecule has 25 heavy (non-hydrogen) atoms. The summed E-state index contributed by atoms with van der Waals surface area (Å²) in [6, 6.07) is 12.6. The number of aryl methyl sites for hydroxylation is 2. The number of halogens is 1. The molecule has 3 rings (SSSR count). The number of carbonyl (C=O) groups excluding carboxylic acids is 2. The van der Waals surface area contributed by atoms with Crippen molar-refractivity contribution in [3.63, 3.8) is 0 Å². The molecule has 1 fully saturated rings. The summed E-state index contributed by atoms with van der Waals surface area (Å²) in [7, 11) is 0. The van der Waals surface area contributed by atoms with Gasteiger partial charge in [0.2, 0.25) is 0 Å². The van der Waals surface area contributed by atoms with E-state index in [0.29, 0.717) is 10.7 Å². The quantitative estimate of drug-likeness (QED) is 0.497. The Morgan fingerprint density at radius 2 is 1.76 bits per heavy atom. The number of hydrogen-bond acceptors (Lipinski definition) is 3. The molecule has 2 aromatic carbocycles. The Labute approximate surface area is 156 Å². The van der Waals surface area contributed by atoms with Gasteiger partial charge in [0, 0.05) is 5.02 Å². The van der Waals surface area contributed by atoms with Gasteiger partial charge in [0.15, 0.2) is 5.11 Å². The summed E-state index contributed by atoms with van der Waals surface area (Å²) in [6.45, 7) is 3.89. The van der Waals surface area contributed by atoms with Gasteiger partial charge in [-0.1, -0.05) is 35.4 Å². The molecule has 0 aromatic heterocycles. The van der Waals surface area contributed by atoms with Gasteiger partial charge in [-0.3, -0.25) is 19.8 Å². The largest absolute Gasteiger partial charge is 0.298 e. The van der Waals surface area contributed by atoms with Crippen LogP contribution in [-0.4, -0.2) is 16.9 Å². The molecule has 4 nitrogen and oxygen atoms in total. The van der Waals surface area contributed by atoms with Crippen molar-refractivity contribution < 1.29 is 9.59 Å². The van der Waals surface area contributed by atoms with Crippen molar-refractivity contribution in [2.45, 2.75) is 13.8 Å². The highest BCUT2D eigenvalue weighted by Crippen LogP contribution is 2.24. The second-order valence-electron chi connectivity index (χ2n) is 5.79. The molecule has 0 unspecified atom stereocenters. The van der Waals surface area contributed by atoms with Gasteiger partial charge in [-0.25, -0.2) is 0 Å². The topological polar surface area (TPSA) is 49.4 Å². The molecule has 0 saturated carbocycles. The predicted molar refractivity (Wildman–Crippen MR) is 104 cm³/mol. The molecule has 0 radical (unpaired) electrons. The van der Waals surface area contributed by atoms with Crippen LogP contribution in [0, 0.1) is 13.8 Å². The van der Waals surface area contributed by atoms with Crippen LogP contribution < -0.4 is 10.2 Å². The summed E-state index contributed by atoms with van der Waals surface area (Å²) in [5.41, 5.74) is 3.43. The molecule has 0 atom stereocenters. The average molecular weight is 371 g/mol. The van der Waals surface area contributed by atoms with E-state index in [1.54, 1.807) is 30.3 Å². The minimum atomic E-state index is -0.499. The monoisotopic (exact) mass is 370 g/mol. The van der Waals surface area contributed by atoms with Crippen LogP contribution in [0.3, 0.4) is 0 Å². The molecule has 1 heterocycles. The van der Waals surface area contributed by atoms with Crippen LogP contribution in [0.1, 0.15) is 16.7 Å². The van der Waals surface area contributed by atoms with Crippen LogP contribution in [0.2, 0.25) is 5.02 Å². The highest BCUT2D eigenvalue weighted by Gasteiger charge is 2.34. The zero-order valence-electron chi connectivity index (χ0n) is 13.7. The van der Waals surface area contributed by atoms with Gasteiger partial charge in [0.25, 0.3) is 11.8 Å². The Hall–Kier alpha value is -2.50. The van der Waals surface area contributed by atoms with E-state index in [1.165, 1.54) is 4.90 Å². The number of rotatable bonds is 2. The van der Waals surface area contributed by atoms with E-state index < -0.39 is 11.8 Å². The first-order chi connectivity index (χ1) is 11.9.